The van der Waals surface area contributed by atoms with E-state index in [2.05, 4.69) is 5.32 Å². The summed E-state index contributed by atoms with van der Waals surface area (Å²) in [5, 5.41) is 2.60. The first-order valence-corrected chi connectivity index (χ1v) is 4.80. The topological polar surface area (TPSA) is 29.1 Å². The SMILES string of the molecule is CCC(C)NC(=O)c1ccc(F)cc1F.[HH]. The fourth-order valence-electron chi connectivity index (χ4n) is 1.08. The molecule has 1 aromatic rings. The minimum absolute atomic E-state index is 0. The number of hydrogen-bond donors (Lipinski definition) is 1. The van der Waals surface area contributed by atoms with Gasteiger partial charge in [-0.2, -0.15) is 0 Å². The molecule has 84 valence electrons. The summed E-state index contributed by atoms with van der Waals surface area (Å²) in [5.41, 5.74) is -0.128. The largest absolute Gasteiger partial charge is 0.350 e. The summed E-state index contributed by atoms with van der Waals surface area (Å²) < 4.78 is 25.7. The Balaban J connectivity index is 0.00000225. The molecular weight excluding hydrogens is 200 g/mol. The van der Waals surface area contributed by atoms with E-state index >= 15 is 0 Å². The van der Waals surface area contributed by atoms with Crippen molar-refractivity contribution >= 4 is 5.91 Å². The molecule has 1 aromatic carbocycles. The van der Waals surface area contributed by atoms with E-state index in [0.29, 0.717) is 6.07 Å². The number of nitrogens with one attached hydrogen (secondary N) is 1. The fraction of sp³-hybridized carbons (Fsp3) is 0.364. The van der Waals surface area contributed by atoms with Crippen molar-refractivity contribution in [2.75, 3.05) is 0 Å². The first-order valence-electron chi connectivity index (χ1n) is 4.80. The third kappa shape index (κ3) is 3.01. The van der Waals surface area contributed by atoms with E-state index in [4.69, 9.17) is 0 Å². The minimum Gasteiger partial charge on any atom is -0.350 e. The number of benzene rings is 1. The highest BCUT2D eigenvalue weighted by molar-refractivity contribution is 5.94. The molecule has 2 nitrogen and oxygen atoms in total. The van der Waals surface area contributed by atoms with Crippen molar-refractivity contribution in [2.24, 2.45) is 0 Å². The molecular formula is C11H15F2NO. The highest BCUT2D eigenvalue weighted by Crippen LogP contribution is 2.09. The standard InChI is InChI=1S/C11H13F2NO.H2/c1-3-7(2)14-11(15)9-5-4-8(12)6-10(9)13;/h4-7H,3H2,1-2H3,(H,14,15);1H. The number of carbonyl (C=O) groups excluding carboxylic acids is 1. The van der Waals surface area contributed by atoms with Crippen LogP contribution in [0.1, 0.15) is 32.1 Å². The maximum absolute atomic E-state index is 13.2. The number of carbonyl (C=O) groups is 1. The summed E-state index contributed by atoms with van der Waals surface area (Å²) in [7, 11) is 0. The monoisotopic (exact) mass is 215 g/mol. The molecule has 0 aliphatic heterocycles. The summed E-state index contributed by atoms with van der Waals surface area (Å²) in [4.78, 5) is 11.5. The molecule has 0 radical (unpaired) electrons. The quantitative estimate of drug-likeness (QED) is 0.825. The van der Waals surface area contributed by atoms with Gasteiger partial charge in [-0.15, -0.1) is 0 Å². The van der Waals surface area contributed by atoms with Crippen LogP contribution in [0.2, 0.25) is 0 Å². The lowest BCUT2D eigenvalue weighted by atomic mass is 10.1. The molecule has 1 atom stereocenters. The molecule has 0 aliphatic rings. The van der Waals surface area contributed by atoms with Crippen LogP contribution in [0.3, 0.4) is 0 Å². The van der Waals surface area contributed by atoms with Crippen LogP contribution in [-0.4, -0.2) is 11.9 Å². The summed E-state index contributed by atoms with van der Waals surface area (Å²) in [6, 6.07) is 2.88. The van der Waals surface area contributed by atoms with Gasteiger partial charge in [-0.05, 0) is 25.5 Å². The molecule has 0 aliphatic carbocycles. The molecule has 1 rings (SSSR count). The van der Waals surface area contributed by atoms with Crippen molar-refractivity contribution in [1.82, 2.24) is 5.32 Å². The Morgan fingerprint density at radius 3 is 2.73 bits per heavy atom. The van der Waals surface area contributed by atoms with Gasteiger partial charge >= 0.3 is 0 Å². The van der Waals surface area contributed by atoms with Gasteiger partial charge in [-0.25, -0.2) is 8.78 Å². The second kappa shape index (κ2) is 4.87. The van der Waals surface area contributed by atoms with E-state index in [-0.39, 0.29) is 13.0 Å². The first-order chi connectivity index (χ1) is 7.04. The summed E-state index contributed by atoms with van der Waals surface area (Å²) in [6.45, 7) is 3.73. The van der Waals surface area contributed by atoms with Crippen molar-refractivity contribution in [1.29, 1.82) is 0 Å². The molecule has 0 saturated carbocycles. The zero-order valence-electron chi connectivity index (χ0n) is 8.68. The average molecular weight is 215 g/mol. The van der Waals surface area contributed by atoms with E-state index in [1.165, 1.54) is 0 Å². The molecule has 4 heteroatoms. The van der Waals surface area contributed by atoms with Gasteiger partial charge in [-0.1, -0.05) is 6.92 Å². The molecule has 0 aromatic heterocycles. The summed E-state index contributed by atoms with van der Waals surface area (Å²) in [5.74, 6) is -2.04. The second-order valence-corrected chi connectivity index (χ2v) is 3.41. The molecule has 1 amide bonds. The summed E-state index contributed by atoms with van der Waals surface area (Å²) >= 11 is 0. The Morgan fingerprint density at radius 2 is 2.20 bits per heavy atom. The van der Waals surface area contributed by atoms with Crippen molar-refractivity contribution < 1.29 is 15.0 Å². The fourth-order valence-corrected chi connectivity index (χ4v) is 1.08. The van der Waals surface area contributed by atoms with Gasteiger partial charge in [0.05, 0.1) is 5.56 Å². The normalized spacial score (nSPS) is 12.3. The molecule has 1 N–H and O–H groups in total. The van der Waals surface area contributed by atoms with E-state index in [1.54, 1.807) is 0 Å². The average Bonchev–Trinajstić information content (AvgIpc) is 2.17. The van der Waals surface area contributed by atoms with E-state index in [9.17, 15) is 13.6 Å². The van der Waals surface area contributed by atoms with Crippen LogP contribution >= 0.6 is 0 Å². The molecule has 0 fully saturated rings. The third-order valence-electron chi connectivity index (χ3n) is 2.17. The predicted octanol–water partition coefficient (Wildman–Crippen LogP) is 2.74. The molecule has 0 bridgehead atoms. The lowest BCUT2D eigenvalue weighted by molar-refractivity contribution is 0.0935. The molecule has 0 spiro atoms. The van der Waals surface area contributed by atoms with Gasteiger partial charge in [0, 0.05) is 13.5 Å². The van der Waals surface area contributed by atoms with Gasteiger partial charge in [0.25, 0.3) is 5.91 Å². The maximum Gasteiger partial charge on any atom is 0.254 e. The van der Waals surface area contributed by atoms with E-state index in [0.717, 1.165) is 18.6 Å². The zero-order chi connectivity index (χ0) is 11.4. The lowest BCUT2D eigenvalue weighted by Gasteiger charge is -2.11. The van der Waals surface area contributed by atoms with Crippen LogP contribution in [-0.2, 0) is 0 Å². The smallest absolute Gasteiger partial charge is 0.254 e. The van der Waals surface area contributed by atoms with Crippen LogP contribution in [0, 0.1) is 11.6 Å². The van der Waals surface area contributed by atoms with Gasteiger partial charge in [0.15, 0.2) is 0 Å². The van der Waals surface area contributed by atoms with Gasteiger partial charge in [0.1, 0.15) is 11.6 Å². The Labute approximate surface area is 88.8 Å². The van der Waals surface area contributed by atoms with Crippen LogP contribution in [0.4, 0.5) is 8.78 Å². The summed E-state index contributed by atoms with van der Waals surface area (Å²) in [6.07, 6.45) is 0.758. The number of amides is 1. The molecule has 0 saturated heterocycles. The van der Waals surface area contributed by atoms with Crippen molar-refractivity contribution in [3.63, 3.8) is 0 Å². The van der Waals surface area contributed by atoms with Gasteiger partial charge in [-0.3, -0.25) is 4.79 Å². The Hall–Kier alpha value is -1.45. The minimum atomic E-state index is -0.837. The molecule has 15 heavy (non-hydrogen) atoms. The number of rotatable bonds is 3. The number of hydrogen-bond acceptors (Lipinski definition) is 1. The zero-order valence-corrected chi connectivity index (χ0v) is 8.68. The van der Waals surface area contributed by atoms with Crippen LogP contribution in [0.5, 0.6) is 0 Å². The molecule has 1 unspecified atom stereocenters. The maximum atomic E-state index is 13.2. The van der Waals surface area contributed by atoms with Crippen molar-refractivity contribution in [3.8, 4) is 0 Å². The van der Waals surface area contributed by atoms with Crippen molar-refractivity contribution in [2.45, 2.75) is 26.3 Å². The Morgan fingerprint density at radius 1 is 1.53 bits per heavy atom. The molecule has 0 heterocycles. The van der Waals surface area contributed by atoms with Crippen LogP contribution in [0.25, 0.3) is 0 Å². The lowest BCUT2D eigenvalue weighted by Crippen LogP contribution is -2.32. The predicted molar refractivity (Wildman–Crippen MR) is 55.7 cm³/mol. The van der Waals surface area contributed by atoms with Crippen molar-refractivity contribution in [3.05, 3.63) is 35.4 Å². The van der Waals surface area contributed by atoms with Crippen LogP contribution < -0.4 is 5.32 Å². The van der Waals surface area contributed by atoms with Gasteiger partial charge in [0.2, 0.25) is 0 Å². The highest BCUT2D eigenvalue weighted by Gasteiger charge is 2.13. The van der Waals surface area contributed by atoms with Crippen LogP contribution in [0.15, 0.2) is 18.2 Å². The third-order valence-corrected chi connectivity index (χ3v) is 2.17. The van der Waals surface area contributed by atoms with E-state index < -0.39 is 17.5 Å². The van der Waals surface area contributed by atoms with Gasteiger partial charge < -0.3 is 5.32 Å². The highest BCUT2D eigenvalue weighted by atomic mass is 19.1. The first kappa shape index (κ1) is 11.6. The second-order valence-electron chi connectivity index (χ2n) is 3.41. The Bertz CT molecular complexity index is 371. The number of halogens is 2. The Kier molecular flexibility index (Phi) is 3.77. The van der Waals surface area contributed by atoms with E-state index in [1.807, 2.05) is 13.8 Å².